The van der Waals surface area contributed by atoms with Gasteiger partial charge in [-0.25, -0.2) is 0 Å². The molecule has 0 aliphatic rings. The van der Waals surface area contributed by atoms with Gasteiger partial charge in [-0.15, -0.1) is 13.2 Å². The van der Waals surface area contributed by atoms with Crippen molar-refractivity contribution < 1.29 is 10.2 Å². The molecule has 1 aromatic carbocycles. The molecule has 86 valence electrons. The largest absolute Gasteiger partial charge is 0.508 e. The predicted molar refractivity (Wildman–Crippen MR) is 67.0 cm³/mol. The molecule has 0 saturated heterocycles. The van der Waals surface area contributed by atoms with Gasteiger partial charge in [-0.2, -0.15) is 0 Å². The molecule has 2 nitrogen and oxygen atoms in total. The van der Waals surface area contributed by atoms with Gasteiger partial charge in [-0.3, -0.25) is 0 Å². The van der Waals surface area contributed by atoms with Crippen molar-refractivity contribution in [3.05, 3.63) is 48.6 Å². The number of hydrogen-bond donors (Lipinski definition) is 2. The predicted octanol–water partition coefficient (Wildman–Crippen LogP) is 3.68. The van der Waals surface area contributed by atoms with Crippen LogP contribution >= 0.6 is 0 Å². The minimum atomic E-state index is 0.0130. The Morgan fingerprint density at radius 3 is 1.50 bits per heavy atom. The fraction of sp³-hybridized carbons (Fsp3) is 0.286. The molecule has 2 unspecified atom stereocenters. The molecule has 0 aliphatic carbocycles. The van der Waals surface area contributed by atoms with Crippen LogP contribution in [0, 0.1) is 0 Å². The lowest BCUT2D eigenvalue weighted by Gasteiger charge is -2.15. The third-order valence-corrected chi connectivity index (χ3v) is 2.86. The zero-order chi connectivity index (χ0) is 12.3. The number of benzene rings is 1. The van der Waals surface area contributed by atoms with Crippen molar-refractivity contribution in [1.29, 1.82) is 0 Å². The summed E-state index contributed by atoms with van der Waals surface area (Å²) < 4.78 is 0. The minimum absolute atomic E-state index is 0.0130. The Kier molecular flexibility index (Phi) is 3.78. The van der Waals surface area contributed by atoms with E-state index in [9.17, 15) is 10.2 Å². The molecule has 2 heteroatoms. The molecule has 0 heterocycles. The van der Waals surface area contributed by atoms with Crippen LogP contribution in [0.1, 0.15) is 36.8 Å². The highest BCUT2D eigenvalue weighted by Gasteiger charge is 2.14. The van der Waals surface area contributed by atoms with Gasteiger partial charge >= 0.3 is 0 Å². The topological polar surface area (TPSA) is 40.5 Å². The fourth-order valence-electron chi connectivity index (χ4n) is 1.59. The summed E-state index contributed by atoms with van der Waals surface area (Å²) in [6, 6.07) is 3.19. The summed E-state index contributed by atoms with van der Waals surface area (Å²) in [6.07, 6.45) is 3.45. The maximum Gasteiger partial charge on any atom is 0.119 e. The smallest absolute Gasteiger partial charge is 0.119 e. The maximum atomic E-state index is 9.87. The van der Waals surface area contributed by atoms with Crippen molar-refractivity contribution >= 4 is 0 Å². The Morgan fingerprint density at radius 2 is 1.25 bits per heavy atom. The molecule has 0 radical (unpaired) electrons. The molecular weight excluding hydrogens is 200 g/mol. The Bertz CT molecular complexity index is 368. The maximum absolute atomic E-state index is 9.87. The number of allylic oxidation sites excluding steroid dienone is 2. The Hall–Kier alpha value is -1.70. The van der Waals surface area contributed by atoms with Gasteiger partial charge in [0.2, 0.25) is 0 Å². The molecule has 0 bridgehead atoms. The summed E-state index contributed by atoms with van der Waals surface area (Å²) in [5.41, 5.74) is 1.38. The van der Waals surface area contributed by atoms with E-state index >= 15 is 0 Å². The van der Waals surface area contributed by atoms with E-state index < -0.39 is 0 Å². The second-order valence-corrected chi connectivity index (χ2v) is 4.02. The first-order valence-electron chi connectivity index (χ1n) is 5.32. The lowest BCUT2D eigenvalue weighted by atomic mass is 9.93. The second-order valence-electron chi connectivity index (χ2n) is 4.02. The van der Waals surface area contributed by atoms with Crippen LogP contribution < -0.4 is 0 Å². The number of rotatable bonds is 4. The standard InChI is InChI=1S/C14H18O2/c1-5-9(3)11-7-14(16)12(8-13(11)15)10(4)6-2/h5-10,15-16H,1-2H2,3-4H3. The molecule has 1 aromatic rings. The van der Waals surface area contributed by atoms with E-state index in [1.165, 1.54) is 0 Å². The third-order valence-electron chi connectivity index (χ3n) is 2.86. The average molecular weight is 218 g/mol. The van der Waals surface area contributed by atoms with Crippen molar-refractivity contribution in [2.24, 2.45) is 0 Å². The van der Waals surface area contributed by atoms with Crippen molar-refractivity contribution in [2.45, 2.75) is 25.7 Å². The van der Waals surface area contributed by atoms with Crippen molar-refractivity contribution in [3.8, 4) is 11.5 Å². The normalized spacial score (nSPS) is 14.1. The molecular formula is C14H18O2. The first kappa shape index (κ1) is 12.4. The van der Waals surface area contributed by atoms with Crippen LogP contribution in [-0.2, 0) is 0 Å². The fourth-order valence-corrected chi connectivity index (χ4v) is 1.59. The van der Waals surface area contributed by atoms with Gasteiger partial charge in [-0.1, -0.05) is 26.0 Å². The monoisotopic (exact) mass is 218 g/mol. The van der Waals surface area contributed by atoms with Gasteiger partial charge in [0.15, 0.2) is 0 Å². The summed E-state index contributed by atoms with van der Waals surface area (Å²) >= 11 is 0. The van der Waals surface area contributed by atoms with Crippen LogP contribution in [0.25, 0.3) is 0 Å². The van der Waals surface area contributed by atoms with E-state index in [0.717, 1.165) is 0 Å². The highest BCUT2D eigenvalue weighted by Crippen LogP contribution is 2.36. The van der Waals surface area contributed by atoms with E-state index in [2.05, 4.69) is 13.2 Å². The van der Waals surface area contributed by atoms with Crippen molar-refractivity contribution in [3.63, 3.8) is 0 Å². The van der Waals surface area contributed by atoms with Gasteiger partial charge in [0.25, 0.3) is 0 Å². The lowest BCUT2D eigenvalue weighted by molar-refractivity contribution is 0.446. The average Bonchev–Trinajstić information content (AvgIpc) is 2.29. The van der Waals surface area contributed by atoms with Crippen LogP contribution in [-0.4, -0.2) is 10.2 Å². The van der Waals surface area contributed by atoms with Crippen LogP contribution in [0.15, 0.2) is 37.4 Å². The molecule has 0 saturated carbocycles. The van der Waals surface area contributed by atoms with Crippen LogP contribution in [0.4, 0.5) is 0 Å². The highest BCUT2D eigenvalue weighted by atomic mass is 16.3. The summed E-state index contributed by atoms with van der Waals surface area (Å²) in [7, 11) is 0. The summed E-state index contributed by atoms with van der Waals surface area (Å²) in [6.45, 7) is 11.2. The van der Waals surface area contributed by atoms with Crippen LogP contribution in [0.5, 0.6) is 11.5 Å². The van der Waals surface area contributed by atoms with Crippen molar-refractivity contribution in [1.82, 2.24) is 0 Å². The molecule has 0 spiro atoms. The van der Waals surface area contributed by atoms with E-state index in [-0.39, 0.29) is 23.3 Å². The molecule has 16 heavy (non-hydrogen) atoms. The zero-order valence-electron chi connectivity index (χ0n) is 9.77. The van der Waals surface area contributed by atoms with Gasteiger partial charge in [0, 0.05) is 23.0 Å². The molecule has 0 aliphatic heterocycles. The molecule has 1 rings (SSSR count). The van der Waals surface area contributed by atoms with Crippen LogP contribution in [0.2, 0.25) is 0 Å². The Balaban J connectivity index is 3.26. The summed E-state index contributed by atoms with van der Waals surface area (Å²) in [5.74, 6) is 0.403. The molecule has 2 N–H and O–H groups in total. The van der Waals surface area contributed by atoms with Gasteiger partial charge < -0.3 is 10.2 Å². The SMILES string of the molecule is C=CC(C)c1cc(O)c(C(C)C=C)cc1O. The number of phenols is 2. The van der Waals surface area contributed by atoms with E-state index in [1.54, 1.807) is 24.3 Å². The first-order chi connectivity index (χ1) is 7.51. The minimum Gasteiger partial charge on any atom is -0.508 e. The first-order valence-corrected chi connectivity index (χ1v) is 5.32. The van der Waals surface area contributed by atoms with Crippen LogP contribution in [0.3, 0.4) is 0 Å². The number of aromatic hydroxyl groups is 2. The van der Waals surface area contributed by atoms with Gasteiger partial charge in [0.05, 0.1) is 0 Å². The molecule has 0 fully saturated rings. The van der Waals surface area contributed by atoms with Gasteiger partial charge in [0.1, 0.15) is 11.5 Å². The van der Waals surface area contributed by atoms with Crippen molar-refractivity contribution in [2.75, 3.05) is 0 Å². The van der Waals surface area contributed by atoms with E-state index in [4.69, 9.17) is 0 Å². The van der Waals surface area contributed by atoms with Gasteiger partial charge in [-0.05, 0) is 12.1 Å². The summed E-state index contributed by atoms with van der Waals surface area (Å²) in [4.78, 5) is 0. The van der Waals surface area contributed by atoms with E-state index in [1.807, 2.05) is 13.8 Å². The zero-order valence-corrected chi connectivity index (χ0v) is 9.77. The summed E-state index contributed by atoms with van der Waals surface area (Å²) in [5, 5.41) is 19.7. The Morgan fingerprint density at radius 1 is 0.938 bits per heavy atom. The second kappa shape index (κ2) is 4.88. The third kappa shape index (κ3) is 2.27. The Labute approximate surface area is 96.6 Å². The molecule has 2 atom stereocenters. The quantitative estimate of drug-likeness (QED) is 0.598. The number of hydrogen-bond acceptors (Lipinski definition) is 2. The molecule has 0 aromatic heterocycles. The number of phenolic OH excluding ortho intramolecular Hbond substituents is 2. The highest BCUT2D eigenvalue weighted by molar-refractivity contribution is 5.49. The molecule has 0 amide bonds. The van der Waals surface area contributed by atoms with E-state index in [0.29, 0.717) is 11.1 Å². The lowest BCUT2D eigenvalue weighted by Crippen LogP contribution is -1.95.